The van der Waals surface area contributed by atoms with Crippen molar-refractivity contribution in [2.24, 2.45) is 0 Å². The van der Waals surface area contributed by atoms with Crippen molar-refractivity contribution < 1.29 is 0 Å². The molecule has 0 aromatic carbocycles. The Balaban J connectivity index is 1.90. The molecule has 2 aliphatic heterocycles. The Kier molecular flexibility index (Phi) is 4.80. The molecule has 0 radical (unpaired) electrons. The maximum absolute atomic E-state index is 9.29. The van der Waals surface area contributed by atoms with E-state index >= 15 is 0 Å². The molecule has 2 fully saturated rings. The summed E-state index contributed by atoms with van der Waals surface area (Å²) in [7, 11) is 4.51. The minimum atomic E-state index is 0.250. The van der Waals surface area contributed by atoms with Gasteiger partial charge in [-0.1, -0.05) is 0 Å². The first-order valence-corrected chi connectivity index (χ1v) is 8.98. The molecule has 0 unspecified atom stereocenters. The molecule has 0 bridgehead atoms. The molecule has 3 heterocycles. The summed E-state index contributed by atoms with van der Waals surface area (Å²) in [5, 5.41) is 9.29. The number of hydrogen-bond acceptors (Lipinski definition) is 5. The number of rotatable bonds is 1. The average Bonchev–Trinajstić information content (AvgIpc) is 2.70. The molecule has 0 saturated carbocycles. The highest BCUT2D eigenvalue weighted by Gasteiger charge is 2.40. The van der Waals surface area contributed by atoms with Crippen molar-refractivity contribution in [3.63, 3.8) is 0 Å². The second-order valence-corrected chi connectivity index (χ2v) is 7.59. The molecule has 0 amide bonds. The van der Waals surface area contributed by atoms with Crippen LogP contribution in [0, 0.1) is 25.2 Å². The summed E-state index contributed by atoms with van der Waals surface area (Å²) >= 11 is 0. The zero-order chi connectivity index (χ0) is 17.3. The minimum Gasteiger partial charge on any atom is -0.355 e. The van der Waals surface area contributed by atoms with Gasteiger partial charge in [-0.15, -0.1) is 0 Å². The predicted molar refractivity (Wildman–Crippen MR) is 97.3 cm³/mol. The third-order valence-corrected chi connectivity index (χ3v) is 5.95. The molecule has 2 aliphatic rings. The van der Waals surface area contributed by atoms with Gasteiger partial charge in [0.1, 0.15) is 11.9 Å². The number of aryl methyl sites for hydroxylation is 2. The molecule has 0 N–H and O–H groups in total. The second-order valence-electron chi connectivity index (χ2n) is 7.59. The van der Waals surface area contributed by atoms with Crippen molar-refractivity contribution in [3.05, 3.63) is 22.9 Å². The van der Waals surface area contributed by atoms with Crippen LogP contribution in [0.1, 0.15) is 36.1 Å². The molecular formula is C19H29N5. The summed E-state index contributed by atoms with van der Waals surface area (Å²) in [5.41, 5.74) is 2.86. The van der Waals surface area contributed by atoms with Crippen LogP contribution in [0.2, 0.25) is 0 Å². The van der Waals surface area contributed by atoms with Gasteiger partial charge in [0.05, 0.1) is 11.3 Å². The van der Waals surface area contributed by atoms with E-state index in [2.05, 4.69) is 40.9 Å². The van der Waals surface area contributed by atoms with E-state index < -0.39 is 0 Å². The number of aromatic nitrogens is 1. The SMILES string of the molecule is Cc1cc(N2CCCN(C)C3(CCN(C)CC3)C2)nc(C)c1C#N. The molecule has 24 heavy (non-hydrogen) atoms. The highest BCUT2D eigenvalue weighted by Crippen LogP contribution is 2.32. The van der Waals surface area contributed by atoms with Gasteiger partial charge in [0.2, 0.25) is 0 Å². The Labute approximate surface area is 145 Å². The number of likely N-dealkylation sites (N-methyl/N-ethyl adjacent to an activating group) is 1. The molecule has 3 rings (SSSR count). The third-order valence-electron chi connectivity index (χ3n) is 5.95. The largest absolute Gasteiger partial charge is 0.355 e. The lowest BCUT2D eigenvalue weighted by atomic mass is 9.85. The number of likely N-dealkylation sites (tertiary alicyclic amines) is 1. The average molecular weight is 327 g/mol. The standard InChI is InChI=1S/C19H29N5/c1-15-12-18(21-16(2)17(15)13-20)24-9-5-8-23(4)19(14-24)6-10-22(3)11-7-19/h12H,5-11,14H2,1-4H3. The normalized spacial score (nSPS) is 22.4. The number of nitriles is 1. The van der Waals surface area contributed by atoms with Crippen LogP contribution >= 0.6 is 0 Å². The van der Waals surface area contributed by atoms with Gasteiger partial charge in [-0.25, -0.2) is 4.98 Å². The van der Waals surface area contributed by atoms with Gasteiger partial charge in [-0.2, -0.15) is 5.26 Å². The van der Waals surface area contributed by atoms with E-state index in [4.69, 9.17) is 4.98 Å². The molecule has 1 aromatic rings. The molecule has 2 saturated heterocycles. The molecular weight excluding hydrogens is 298 g/mol. The van der Waals surface area contributed by atoms with Crippen LogP contribution in [0.4, 0.5) is 5.82 Å². The highest BCUT2D eigenvalue weighted by molar-refractivity contribution is 5.50. The van der Waals surface area contributed by atoms with Crippen LogP contribution in [0.5, 0.6) is 0 Å². The topological polar surface area (TPSA) is 46.4 Å². The third kappa shape index (κ3) is 3.13. The number of anilines is 1. The van der Waals surface area contributed by atoms with Crippen LogP contribution < -0.4 is 4.90 Å². The molecule has 5 nitrogen and oxygen atoms in total. The van der Waals surface area contributed by atoms with Crippen molar-refractivity contribution >= 4 is 5.82 Å². The lowest BCUT2D eigenvalue weighted by Crippen LogP contribution is -2.57. The summed E-state index contributed by atoms with van der Waals surface area (Å²) in [6.45, 7) is 9.52. The zero-order valence-electron chi connectivity index (χ0n) is 15.5. The van der Waals surface area contributed by atoms with Gasteiger partial charge >= 0.3 is 0 Å². The Morgan fingerprint density at radius 3 is 2.46 bits per heavy atom. The fourth-order valence-corrected chi connectivity index (χ4v) is 4.20. The highest BCUT2D eigenvalue weighted by atomic mass is 15.3. The predicted octanol–water partition coefficient (Wildman–Crippen LogP) is 2.18. The van der Waals surface area contributed by atoms with Crippen molar-refractivity contribution in [1.29, 1.82) is 5.26 Å². The van der Waals surface area contributed by atoms with E-state index in [1.165, 1.54) is 12.8 Å². The Hall–Kier alpha value is -1.64. The van der Waals surface area contributed by atoms with Crippen LogP contribution in [0.3, 0.4) is 0 Å². The molecule has 1 aromatic heterocycles. The van der Waals surface area contributed by atoms with E-state index in [1.54, 1.807) is 0 Å². The van der Waals surface area contributed by atoms with Crippen molar-refractivity contribution in [1.82, 2.24) is 14.8 Å². The Bertz CT molecular complexity index is 617. The number of nitrogens with zero attached hydrogens (tertiary/aromatic N) is 5. The molecule has 0 aliphatic carbocycles. The lowest BCUT2D eigenvalue weighted by Gasteiger charge is -2.47. The first-order chi connectivity index (χ1) is 11.4. The van der Waals surface area contributed by atoms with E-state index in [1.807, 2.05) is 13.8 Å². The summed E-state index contributed by atoms with van der Waals surface area (Å²) in [6.07, 6.45) is 3.59. The molecule has 0 atom stereocenters. The summed E-state index contributed by atoms with van der Waals surface area (Å²) in [5.74, 6) is 1.04. The van der Waals surface area contributed by atoms with Gasteiger partial charge < -0.3 is 9.80 Å². The minimum absolute atomic E-state index is 0.250. The number of piperidine rings is 1. The van der Waals surface area contributed by atoms with Crippen LogP contribution in [-0.4, -0.2) is 67.1 Å². The van der Waals surface area contributed by atoms with Crippen LogP contribution in [-0.2, 0) is 0 Å². The van der Waals surface area contributed by atoms with Gasteiger partial charge in [-0.05, 0) is 71.9 Å². The van der Waals surface area contributed by atoms with E-state index in [0.29, 0.717) is 0 Å². The summed E-state index contributed by atoms with van der Waals surface area (Å²) < 4.78 is 0. The maximum Gasteiger partial charge on any atom is 0.129 e. The summed E-state index contributed by atoms with van der Waals surface area (Å²) in [6, 6.07) is 4.38. The zero-order valence-corrected chi connectivity index (χ0v) is 15.5. The Morgan fingerprint density at radius 1 is 1.12 bits per heavy atom. The monoisotopic (exact) mass is 327 g/mol. The van der Waals surface area contributed by atoms with Gasteiger partial charge in [-0.3, -0.25) is 4.90 Å². The smallest absolute Gasteiger partial charge is 0.129 e. The van der Waals surface area contributed by atoms with Gasteiger partial charge in [0.25, 0.3) is 0 Å². The van der Waals surface area contributed by atoms with Crippen molar-refractivity contribution in [2.75, 3.05) is 51.7 Å². The van der Waals surface area contributed by atoms with Gasteiger partial charge in [0, 0.05) is 25.2 Å². The first kappa shape index (κ1) is 17.2. The summed E-state index contributed by atoms with van der Waals surface area (Å²) in [4.78, 5) is 12.2. The fraction of sp³-hybridized carbons (Fsp3) is 0.684. The van der Waals surface area contributed by atoms with E-state index in [0.717, 1.165) is 61.8 Å². The second kappa shape index (κ2) is 6.70. The van der Waals surface area contributed by atoms with Crippen LogP contribution in [0.25, 0.3) is 0 Å². The first-order valence-electron chi connectivity index (χ1n) is 8.98. The molecule has 5 heteroatoms. The quantitative estimate of drug-likeness (QED) is 0.791. The number of hydrogen-bond donors (Lipinski definition) is 0. The molecule has 130 valence electrons. The molecule has 1 spiro atoms. The van der Waals surface area contributed by atoms with Crippen molar-refractivity contribution in [2.45, 2.75) is 38.6 Å². The van der Waals surface area contributed by atoms with Crippen molar-refractivity contribution in [3.8, 4) is 6.07 Å². The van der Waals surface area contributed by atoms with Crippen LogP contribution in [0.15, 0.2) is 6.07 Å². The fourth-order valence-electron chi connectivity index (χ4n) is 4.20. The van der Waals surface area contributed by atoms with E-state index in [-0.39, 0.29) is 5.54 Å². The lowest BCUT2D eigenvalue weighted by molar-refractivity contribution is 0.0604. The Morgan fingerprint density at radius 2 is 1.83 bits per heavy atom. The van der Waals surface area contributed by atoms with E-state index in [9.17, 15) is 5.26 Å². The van der Waals surface area contributed by atoms with Gasteiger partial charge in [0.15, 0.2) is 0 Å². The maximum atomic E-state index is 9.29. The number of pyridine rings is 1.